The second-order valence-electron chi connectivity index (χ2n) is 5.23. The molecule has 0 radical (unpaired) electrons. The molecule has 2 rings (SSSR count). The Morgan fingerprint density at radius 2 is 2.16 bits per heavy atom. The van der Waals surface area contributed by atoms with Gasteiger partial charge in [0.15, 0.2) is 0 Å². The molecule has 1 amide bonds. The second-order valence-corrected chi connectivity index (χ2v) is 5.23. The number of amides is 1. The van der Waals surface area contributed by atoms with E-state index in [1.54, 1.807) is 18.3 Å². The Morgan fingerprint density at radius 3 is 2.84 bits per heavy atom. The number of carbonyl (C=O) groups is 1. The minimum absolute atomic E-state index is 0.128. The monoisotopic (exact) mass is 263 g/mol. The second kappa shape index (κ2) is 6.02. The van der Waals surface area contributed by atoms with Gasteiger partial charge in [0.1, 0.15) is 5.82 Å². The number of hydrogen-bond acceptors (Lipinski definition) is 4. The topological polar surface area (TPSA) is 65.5 Å². The molecule has 0 unspecified atom stereocenters. The molecule has 1 fully saturated rings. The number of rotatable bonds is 3. The lowest BCUT2D eigenvalue weighted by atomic mass is 9.92. The largest absolute Gasteiger partial charge is 0.391 e. The summed E-state index contributed by atoms with van der Waals surface area (Å²) in [6, 6.07) is 3.32. The Morgan fingerprint density at radius 1 is 1.42 bits per heavy atom. The SMILES string of the molecule is CN(C)c1cc(C(=O)N[C@@H]2CCCC[C@H]2O)ccn1. The van der Waals surface area contributed by atoms with E-state index in [0.29, 0.717) is 5.56 Å². The third kappa shape index (κ3) is 3.44. The first kappa shape index (κ1) is 13.8. The van der Waals surface area contributed by atoms with Gasteiger partial charge in [-0.1, -0.05) is 12.8 Å². The van der Waals surface area contributed by atoms with Crippen LogP contribution in [0.1, 0.15) is 36.0 Å². The molecule has 1 aromatic rings. The van der Waals surface area contributed by atoms with Crippen molar-refractivity contribution in [3.63, 3.8) is 0 Å². The van der Waals surface area contributed by atoms with E-state index in [-0.39, 0.29) is 11.9 Å². The van der Waals surface area contributed by atoms with Gasteiger partial charge in [0.25, 0.3) is 5.91 Å². The van der Waals surface area contributed by atoms with E-state index in [2.05, 4.69) is 10.3 Å². The summed E-state index contributed by atoms with van der Waals surface area (Å²) >= 11 is 0. The lowest BCUT2D eigenvalue weighted by molar-refractivity contribution is 0.0717. The highest BCUT2D eigenvalue weighted by Gasteiger charge is 2.24. The average molecular weight is 263 g/mol. The van der Waals surface area contributed by atoms with Crippen molar-refractivity contribution < 1.29 is 9.90 Å². The molecule has 5 heteroatoms. The predicted octanol–water partition coefficient (Wildman–Crippen LogP) is 1.18. The molecule has 19 heavy (non-hydrogen) atoms. The number of nitrogens with zero attached hydrogens (tertiary/aromatic N) is 2. The highest BCUT2D eigenvalue weighted by atomic mass is 16.3. The van der Waals surface area contributed by atoms with Crippen molar-refractivity contribution >= 4 is 11.7 Å². The first-order chi connectivity index (χ1) is 9.08. The maximum atomic E-state index is 12.2. The molecule has 1 saturated carbocycles. The fraction of sp³-hybridized carbons (Fsp3) is 0.571. The lowest BCUT2D eigenvalue weighted by Crippen LogP contribution is -2.45. The molecule has 1 aromatic heterocycles. The quantitative estimate of drug-likeness (QED) is 0.859. The zero-order valence-electron chi connectivity index (χ0n) is 11.5. The van der Waals surface area contributed by atoms with Crippen LogP contribution in [-0.2, 0) is 0 Å². The Hall–Kier alpha value is -1.62. The van der Waals surface area contributed by atoms with Gasteiger partial charge in [0.2, 0.25) is 0 Å². The van der Waals surface area contributed by atoms with Gasteiger partial charge in [0.05, 0.1) is 12.1 Å². The minimum atomic E-state index is -0.423. The number of aliphatic hydroxyl groups is 1. The van der Waals surface area contributed by atoms with E-state index in [4.69, 9.17) is 0 Å². The number of carbonyl (C=O) groups excluding carboxylic acids is 1. The third-order valence-corrected chi connectivity index (χ3v) is 3.51. The Bertz CT molecular complexity index is 448. The van der Waals surface area contributed by atoms with Crippen LogP contribution in [0.15, 0.2) is 18.3 Å². The summed E-state index contributed by atoms with van der Waals surface area (Å²) in [5, 5.41) is 12.8. The van der Waals surface area contributed by atoms with Crippen LogP contribution in [0, 0.1) is 0 Å². The van der Waals surface area contributed by atoms with Crippen LogP contribution in [0.3, 0.4) is 0 Å². The van der Waals surface area contributed by atoms with Crippen molar-refractivity contribution in [1.29, 1.82) is 0 Å². The van der Waals surface area contributed by atoms with Crippen LogP contribution in [-0.4, -0.2) is 42.2 Å². The summed E-state index contributed by atoms with van der Waals surface area (Å²) in [5.41, 5.74) is 0.580. The summed E-state index contributed by atoms with van der Waals surface area (Å²) in [4.78, 5) is 18.2. The molecule has 104 valence electrons. The van der Waals surface area contributed by atoms with Crippen LogP contribution in [0.5, 0.6) is 0 Å². The van der Waals surface area contributed by atoms with Gasteiger partial charge in [-0.3, -0.25) is 4.79 Å². The maximum absolute atomic E-state index is 12.2. The molecule has 1 aliphatic rings. The summed E-state index contributed by atoms with van der Waals surface area (Å²) in [7, 11) is 3.77. The number of aliphatic hydroxyl groups excluding tert-OH is 1. The van der Waals surface area contributed by atoms with Crippen LogP contribution < -0.4 is 10.2 Å². The first-order valence-corrected chi connectivity index (χ1v) is 6.70. The van der Waals surface area contributed by atoms with Crippen LogP contribution in [0.4, 0.5) is 5.82 Å². The van der Waals surface area contributed by atoms with Crippen molar-refractivity contribution in [2.24, 2.45) is 0 Å². The Labute approximate surface area is 113 Å². The molecule has 0 aliphatic heterocycles. The van der Waals surface area contributed by atoms with Crippen LogP contribution >= 0.6 is 0 Å². The van der Waals surface area contributed by atoms with E-state index in [1.807, 2.05) is 19.0 Å². The Balaban J connectivity index is 2.05. The standard InChI is InChI=1S/C14H21N3O2/c1-17(2)13-9-10(7-8-15-13)14(19)16-11-5-3-4-6-12(11)18/h7-9,11-12,18H,3-6H2,1-2H3,(H,16,19)/t11-,12-/m1/s1. The van der Waals surface area contributed by atoms with Gasteiger partial charge in [0, 0.05) is 25.9 Å². The van der Waals surface area contributed by atoms with Crippen molar-refractivity contribution in [2.75, 3.05) is 19.0 Å². The number of aromatic nitrogens is 1. The highest BCUT2D eigenvalue weighted by Crippen LogP contribution is 2.19. The van der Waals surface area contributed by atoms with E-state index >= 15 is 0 Å². The third-order valence-electron chi connectivity index (χ3n) is 3.51. The molecular formula is C14H21N3O2. The van der Waals surface area contributed by atoms with Gasteiger partial charge in [-0.15, -0.1) is 0 Å². The fourth-order valence-electron chi connectivity index (χ4n) is 2.34. The van der Waals surface area contributed by atoms with E-state index in [1.165, 1.54) is 0 Å². The Kier molecular flexibility index (Phi) is 4.37. The zero-order valence-corrected chi connectivity index (χ0v) is 11.5. The van der Waals surface area contributed by atoms with Crippen molar-refractivity contribution in [2.45, 2.75) is 37.8 Å². The molecule has 0 saturated heterocycles. The number of pyridine rings is 1. The molecule has 0 bridgehead atoms. The predicted molar refractivity (Wildman–Crippen MR) is 74.3 cm³/mol. The number of hydrogen-bond donors (Lipinski definition) is 2. The van der Waals surface area contributed by atoms with Crippen LogP contribution in [0.25, 0.3) is 0 Å². The number of nitrogens with one attached hydrogen (secondary N) is 1. The summed E-state index contributed by atoms with van der Waals surface area (Å²) < 4.78 is 0. The summed E-state index contributed by atoms with van der Waals surface area (Å²) in [6.45, 7) is 0. The van der Waals surface area contributed by atoms with Gasteiger partial charge in [-0.25, -0.2) is 4.98 Å². The smallest absolute Gasteiger partial charge is 0.251 e. The average Bonchev–Trinajstić information content (AvgIpc) is 2.41. The number of anilines is 1. The molecule has 2 N–H and O–H groups in total. The molecular weight excluding hydrogens is 242 g/mol. The normalized spacial score (nSPS) is 22.9. The maximum Gasteiger partial charge on any atom is 0.251 e. The van der Waals surface area contributed by atoms with Crippen LogP contribution in [0.2, 0.25) is 0 Å². The van der Waals surface area contributed by atoms with Crippen molar-refractivity contribution in [3.8, 4) is 0 Å². The molecule has 5 nitrogen and oxygen atoms in total. The van der Waals surface area contributed by atoms with Crippen molar-refractivity contribution in [3.05, 3.63) is 23.9 Å². The summed E-state index contributed by atoms with van der Waals surface area (Å²) in [6.07, 6.45) is 4.91. The van der Waals surface area contributed by atoms with Gasteiger partial charge < -0.3 is 15.3 Å². The first-order valence-electron chi connectivity index (χ1n) is 6.70. The molecule has 2 atom stereocenters. The fourth-order valence-corrected chi connectivity index (χ4v) is 2.34. The molecule has 0 spiro atoms. The van der Waals surface area contributed by atoms with Gasteiger partial charge >= 0.3 is 0 Å². The van der Waals surface area contributed by atoms with Crippen molar-refractivity contribution in [1.82, 2.24) is 10.3 Å². The summed E-state index contributed by atoms with van der Waals surface area (Å²) in [5.74, 6) is 0.605. The van der Waals surface area contributed by atoms with E-state index < -0.39 is 6.10 Å². The zero-order chi connectivity index (χ0) is 13.8. The minimum Gasteiger partial charge on any atom is -0.391 e. The molecule has 1 heterocycles. The lowest BCUT2D eigenvalue weighted by Gasteiger charge is -2.28. The van der Waals surface area contributed by atoms with Gasteiger partial charge in [-0.2, -0.15) is 0 Å². The van der Waals surface area contributed by atoms with E-state index in [9.17, 15) is 9.90 Å². The highest BCUT2D eigenvalue weighted by molar-refractivity contribution is 5.95. The van der Waals surface area contributed by atoms with E-state index in [0.717, 1.165) is 31.5 Å². The molecule has 0 aromatic carbocycles. The van der Waals surface area contributed by atoms with Gasteiger partial charge in [-0.05, 0) is 25.0 Å². The molecule has 1 aliphatic carbocycles.